The molecular weight excluding hydrogens is 579 g/mol. The predicted molar refractivity (Wildman–Crippen MR) is 169 cm³/mol. The SMILES string of the molecule is C1CCCC1.CN(C(=O)OCc1ccc(B2OC(C)(C)C(C)(C)O2)cc1)C1CCC(CNC(=O)CCS)C1.[CH3-].[CH3-].[Fe+2]. The van der Waals surface area contributed by atoms with Crippen molar-refractivity contribution in [3.8, 4) is 0 Å². The van der Waals surface area contributed by atoms with Gasteiger partial charge in [-0.3, -0.25) is 4.79 Å². The van der Waals surface area contributed by atoms with Crippen LogP contribution in [0, 0.1) is 20.8 Å². The molecule has 3 fully saturated rings. The third-order valence-electron chi connectivity index (χ3n) is 8.39. The van der Waals surface area contributed by atoms with Gasteiger partial charge in [-0.15, -0.1) is 0 Å². The van der Waals surface area contributed by atoms with E-state index < -0.39 is 7.12 Å². The van der Waals surface area contributed by atoms with Crippen LogP contribution in [0.2, 0.25) is 0 Å². The Morgan fingerprint density at radius 2 is 1.54 bits per heavy atom. The molecule has 1 heterocycles. The molecule has 7 nitrogen and oxygen atoms in total. The molecule has 2 aliphatic carbocycles. The molecule has 1 aromatic rings. The summed E-state index contributed by atoms with van der Waals surface area (Å²) in [7, 11) is 1.38. The molecule has 3 aliphatic rings. The Kier molecular flexibility index (Phi) is 17.9. The summed E-state index contributed by atoms with van der Waals surface area (Å²) in [6, 6.07) is 7.92. The third-order valence-corrected chi connectivity index (χ3v) is 8.62. The standard InChI is InChI=1S/C24H37BN2O5S.C5H10.2CH3.Fe/c1-23(2)24(3,4)32-25(31-23)19-9-6-17(7-10-19)16-30-22(29)27(5)20-11-8-18(14-20)15-26-21(28)12-13-33;1-2-4-5-3-1;;;/h6-7,9-10,18,20,33H,8,11-16H2,1-5H3,(H,26,28);1-5H2;2*1H3;/q;;2*-1;+2. The number of thiol groups is 1. The smallest absolute Gasteiger partial charge is 0.445 e. The zero-order chi connectivity index (χ0) is 27.8. The van der Waals surface area contributed by atoms with Gasteiger partial charge in [-0.05, 0) is 69.7 Å². The molecule has 2 atom stereocenters. The van der Waals surface area contributed by atoms with Gasteiger partial charge in [-0.1, -0.05) is 56.4 Å². The summed E-state index contributed by atoms with van der Waals surface area (Å²) in [5, 5.41) is 2.95. The molecule has 2 saturated carbocycles. The summed E-state index contributed by atoms with van der Waals surface area (Å²) in [6.45, 7) is 8.99. The van der Waals surface area contributed by atoms with Gasteiger partial charge in [0.1, 0.15) is 6.61 Å². The molecule has 2 amide bonds. The normalized spacial score (nSPS) is 21.8. The van der Waals surface area contributed by atoms with E-state index in [0.717, 1.165) is 30.3 Å². The zero-order valence-electron chi connectivity index (χ0n) is 26.3. The van der Waals surface area contributed by atoms with Crippen molar-refractivity contribution in [3.63, 3.8) is 0 Å². The maximum atomic E-state index is 12.6. The van der Waals surface area contributed by atoms with Gasteiger partial charge in [0.05, 0.1) is 11.2 Å². The first-order chi connectivity index (χ1) is 18.0. The maximum Gasteiger partial charge on any atom is 2.00 e. The van der Waals surface area contributed by atoms with Crippen LogP contribution in [0.3, 0.4) is 0 Å². The Labute approximate surface area is 266 Å². The van der Waals surface area contributed by atoms with E-state index in [1.165, 1.54) is 32.1 Å². The molecule has 234 valence electrons. The summed E-state index contributed by atoms with van der Waals surface area (Å²) in [5.74, 6) is 0.969. The van der Waals surface area contributed by atoms with Crippen LogP contribution in [-0.4, -0.2) is 60.6 Å². The molecule has 1 saturated heterocycles. The van der Waals surface area contributed by atoms with Crippen molar-refractivity contribution in [1.82, 2.24) is 10.2 Å². The van der Waals surface area contributed by atoms with Gasteiger partial charge in [0, 0.05) is 26.1 Å². The molecule has 0 radical (unpaired) electrons. The van der Waals surface area contributed by atoms with Crippen molar-refractivity contribution in [2.75, 3.05) is 19.3 Å². The molecule has 1 aromatic carbocycles. The molecule has 1 N–H and O–H groups in total. The number of nitrogens with zero attached hydrogens (tertiary/aromatic N) is 1. The first-order valence-electron chi connectivity index (χ1n) is 14.2. The van der Waals surface area contributed by atoms with E-state index in [9.17, 15) is 9.59 Å². The van der Waals surface area contributed by atoms with Gasteiger partial charge in [0.15, 0.2) is 0 Å². The largest absolute Gasteiger partial charge is 2.00 e. The molecule has 41 heavy (non-hydrogen) atoms. The minimum Gasteiger partial charge on any atom is -0.445 e. The number of hydrogen-bond acceptors (Lipinski definition) is 6. The summed E-state index contributed by atoms with van der Waals surface area (Å²) in [5.41, 5.74) is 1.09. The van der Waals surface area contributed by atoms with Crippen molar-refractivity contribution < 1.29 is 40.7 Å². The molecule has 1 aliphatic heterocycles. The van der Waals surface area contributed by atoms with E-state index >= 15 is 0 Å². The minimum atomic E-state index is -0.407. The van der Waals surface area contributed by atoms with Crippen LogP contribution in [0.1, 0.15) is 91.0 Å². The van der Waals surface area contributed by atoms with Crippen LogP contribution >= 0.6 is 12.6 Å². The zero-order valence-corrected chi connectivity index (χ0v) is 28.3. The van der Waals surface area contributed by atoms with Gasteiger partial charge in [-0.2, -0.15) is 12.6 Å². The number of benzene rings is 1. The van der Waals surface area contributed by atoms with Crippen LogP contribution < -0.4 is 10.8 Å². The molecule has 0 aromatic heterocycles. The summed E-state index contributed by atoms with van der Waals surface area (Å²) >= 11 is 4.08. The monoisotopic (exact) mass is 632 g/mol. The fourth-order valence-electron chi connectivity index (χ4n) is 5.06. The van der Waals surface area contributed by atoms with Crippen LogP contribution in [0.15, 0.2) is 24.3 Å². The van der Waals surface area contributed by atoms with Crippen molar-refractivity contribution in [3.05, 3.63) is 44.7 Å². The van der Waals surface area contributed by atoms with Crippen LogP contribution in [-0.2, 0) is 42.5 Å². The van der Waals surface area contributed by atoms with E-state index in [-0.39, 0.29) is 67.8 Å². The average molecular weight is 632 g/mol. The van der Waals surface area contributed by atoms with Crippen molar-refractivity contribution in [2.24, 2.45) is 5.92 Å². The summed E-state index contributed by atoms with van der Waals surface area (Å²) < 4.78 is 17.7. The van der Waals surface area contributed by atoms with Gasteiger partial charge in [-0.25, -0.2) is 4.79 Å². The Morgan fingerprint density at radius 3 is 2.05 bits per heavy atom. The molecule has 0 bridgehead atoms. The van der Waals surface area contributed by atoms with Gasteiger partial charge < -0.3 is 39.1 Å². The minimum absolute atomic E-state index is 0. The number of nitrogens with one attached hydrogen (secondary N) is 1. The molecule has 0 spiro atoms. The molecule has 2 unspecified atom stereocenters. The van der Waals surface area contributed by atoms with Crippen molar-refractivity contribution >= 4 is 37.2 Å². The Hall–Kier alpha value is -1.19. The summed E-state index contributed by atoms with van der Waals surface area (Å²) in [6.07, 6.45) is 10.4. The molecule has 10 heteroatoms. The van der Waals surface area contributed by atoms with Crippen LogP contribution in [0.4, 0.5) is 4.79 Å². The quantitative estimate of drug-likeness (QED) is 0.209. The average Bonchev–Trinajstić information content (AvgIpc) is 3.64. The number of rotatable bonds is 8. The summed E-state index contributed by atoms with van der Waals surface area (Å²) in [4.78, 5) is 25.9. The maximum absolute atomic E-state index is 12.6. The molecular formula is C31H53BFeN2O5S. The van der Waals surface area contributed by atoms with Crippen LogP contribution in [0.5, 0.6) is 0 Å². The van der Waals surface area contributed by atoms with Gasteiger partial charge in [0.25, 0.3) is 0 Å². The second-order valence-electron chi connectivity index (χ2n) is 11.9. The fourth-order valence-corrected chi connectivity index (χ4v) is 5.27. The number of ether oxygens (including phenoxy) is 1. The van der Waals surface area contributed by atoms with Crippen LogP contribution in [0.25, 0.3) is 0 Å². The van der Waals surface area contributed by atoms with E-state index in [1.807, 2.05) is 52.0 Å². The third kappa shape index (κ3) is 11.8. The van der Waals surface area contributed by atoms with E-state index in [1.54, 1.807) is 11.9 Å². The fraction of sp³-hybridized carbons (Fsp3) is 0.677. The first-order valence-corrected chi connectivity index (χ1v) is 14.9. The van der Waals surface area contributed by atoms with E-state index in [4.69, 9.17) is 14.0 Å². The molecule has 4 rings (SSSR count). The number of carbonyl (C=O) groups is 2. The number of carbonyl (C=O) groups excluding carboxylic acids is 2. The van der Waals surface area contributed by atoms with Gasteiger partial charge >= 0.3 is 30.3 Å². The predicted octanol–water partition coefficient (Wildman–Crippen LogP) is 6.01. The second-order valence-corrected chi connectivity index (χ2v) is 12.3. The van der Waals surface area contributed by atoms with Gasteiger partial charge in [0.2, 0.25) is 5.91 Å². The topological polar surface area (TPSA) is 77.1 Å². The van der Waals surface area contributed by atoms with E-state index in [0.29, 0.717) is 24.6 Å². The van der Waals surface area contributed by atoms with Crippen molar-refractivity contribution in [1.29, 1.82) is 0 Å². The first kappa shape index (κ1) is 39.8. The second kappa shape index (κ2) is 18.5. The number of hydrogen-bond donors (Lipinski definition) is 2. The Balaban J connectivity index is 0.00000181. The number of amides is 2. The Bertz CT molecular complexity index is 891. The Morgan fingerprint density at radius 1 is 1.00 bits per heavy atom. The van der Waals surface area contributed by atoms with E-state index in [2.05, 4.69) is 17.9 Å². The van der Waals surface area contributed by atoms with Crippen molar-refractivity contribution in [2.45, 2.75) is 109 Å².